The molecule has 1 aliphatic heterocycles. The molecule has 0 N–H and O–H groups in total. The number of hydrogen-bond acceptors (Lipinski definition) is 4. The molecule has 8 heteroatoms. The monoisotopic (exact) mass is 374 g/mol. The fraction of sp³-hybridized carbons (Fsp3) is 0.611. The molecular formula is C18H25F3N2O3. The molecule has 2 rings (SSSR count). The average Bonchev–Trinajstić information content (AvgIpc) is 2.60. The summed E-state index contributed by atoms with van der Waals surface area (Å²) in [4.78, 5) is 16.0. The SMILES string of the molecule is CCOc1ccc(CN2CCN(C(=O)CCOCC(F)(F)F)CC2)cc1. The summed E-state index contributed by atoms with van der Waals surface area (Å²) in [6, 6.07) is 7.94. The first kappa shape index (κ1) is 20.5. The number of benzene rings is 1. The molecule has 26 heavy (non-hydrogen) atoms. The number of hydrogen-bond donors (Lipinski definition) is 0. The summed E-state index contributed by atoms with van der Waals surface area (Å²) in [7, 11) is 0. The summed E-state index contributed by atoms with van der Waals surface area (Å²) < 4.78 is 45.9. The van der Waals surface area contributed by atoms with Gasteiger partial charge in [0.2, 0.25) is 5.91 Å². The third kappa shape index (κ3) is 7.21. The second-order valence-corrected chi connectivity index (χ2v) is 6.15. The topological polar surface area (TPSA) is 42.0 Å². The number of ether oxygens (including phenoxy) is 2. The van der Waals surface area contributed by atoms with Gasteiger partial charge in [-0.15, -0.1) is 0 Å². The number of amides is 1. The van der Waals surface area contributed by atoms with Crippen LogP contribution in [0.1, 0.15) is 18.9 Å². The number of carbonyl (C=O) groups excluding carboxylic acids is 1. The van der Waals surface area contributed by atoms with Gasteiger partial charge in [0.1, 0.15) is 12.4 Å². The highest BCUT2D eigenvalue weighted by Gasteiger charge is 2.27. The predicted molar refractivity (Wildman–Crippen MR) is 91.0 cm³/mol. The lowest BCUT2D eigenvalue weighted by Gasteiger charge is -2.34. The molecule has 1 amide bonds. The van der Waals surface area contributed by atoms with Crippen LogP contribution in [-0.4, -0.2) is 67.9 Å². The normalized spacial score (nSPS) is 15.9. The maximum Gasteiger partial charge on any atom is 0.411 e. The van der Waals surface area contributed by atoms with E-state index in [0.29, 0.717) is 19.7 Å². The Morgan fingerprint density at radius 3 is 2.35 bits per heavy atom. The van der Waals surface area contributed by atoms with Gasteiger partial charge in [-0.05, 0) is 24.6 Å². The van der Waals surface area contributed by atoms with Gasteiger partial charge in [0.05, 0.1) is 19.6 Å². The molecule has 1 aromatic carbocycles. The second kappa shape index (κ2) is 9.78. The van der Waals surface area contributed by atoms with Crippen LogP contribution in [-0.2, 0) is 16.1 Å². The van der Waals surface area contributed by atoms with Gasteiger partial charge in [0, 0.05) is 32.7 Å². The molecule has 0 unspecified atom stereocenters. The molecule has 0 aromatic heterocycles. The van der Waals surface area contributed by atoms with Crippen LogP contribution in [0.25, 0.3) is 0 Å². The van der Waals surface area contributed by atoms with Crippen molar-refractivity contribution >= 4 is 5.91 Å². The van der Waals surface area contributed by atoms with E-state index in [1.54, 1.807) is 4.90 Å². The van der Waals surface area contributed by atoms with Crippen molar-refractivity contribution in [2.45, 2.75) is 26.1 Å². The summed E-state index contributed by atoms with van der Waals surface area (Å²) in [6.07, 6.45) is -4.37. The molecular weight excluding hydrogens is 349 g/mol. The minimum atomic E-state index is -4.35. The van der Waals surface area contributed by atoms with Gasteiger partial charge in [-0.2, -0.15) is 13.2 Å². The smallest absolute Gasteiger partial charge is 0.411 e. The van der Waals surface area contributed by atoms with Crippen LogP contribution in [0.2, 0.25) is 0 Å². The van der Waals surface area contributed by atoms with Gasteiger partial charge in [-0.25, -0.2) is 0 Å². The summed E-state index contributed by atoms with van der Waals surface area (Å²) in [6.45, 7) is 4.49. The van der Waals surface area contributed by atoms with Crippen molar-refractivity contribution in [2.75, 3.05) is 46.0 Å². The molecule has 1 saturated heterocycles. The number of nitrogens with zero attached hydrogens (tertiary/aromatic N) is 2. The number of piperazine rings is 1. The Kier molecular flexibility index (Phi) is 7.71. The predicted octanol–water partition coefficient (Wildman–Crippen LogP) is 2.70. The van der Waals surface area contributed by atoms with Crippen molar-refractivity contribution in [3.05, 3.63) is 29.8 Å². The first-order valence-corrected chi connectivity index (χ1v) is 8.74. The fourth-order valence-electron chi connectivity index (χ4n) is 2.78. The van der Waals surface area contributed by atoms with Gasteiger partial charge in [0.15, 0.2) is 0 Å². The largest absolute Gasteiger partial charge is 0.494 e. The van der Waals surface area contributed by atoms with E-state index < -0.39 is 12.8 Å². The summed E-state index contributed by atoms with van der Waals surface area (Å²) in [5, 5.41) is 0. The van der Waals surface area contributed by atoms with Gasteiger partial charge in [-0.3, -0.25) is 9.69 Å². The van der Waals surface area contributed by atoms with Crippen LogP contribution in [0.3, 0.4) is 0 Å². The number of rotatable bonds is 8. The number of alkyl halides is 3. The molecule has 1 aromatic rings. The Balaban J connectivity index is 1.67. The highest BCUT2D eigenvalue weighted by molar-refractivity contribution is 5.76. The molecule has 0 atom stereocenters. The van der Waals surface area contributed by atoms with Crippen LogP contribution in [0.15, 0.2) is 24.3 Å². The second-order valence-electron chi connectivity index (χ2n) is 6.15. The Labute approximate surface area is 151 Å². The Morgan fingerprint density at radius 2 is 1.77 bits per heavy atom. The van der Waals surface area contributed by atoms with Crippen molar-refractivity contribution in [2.24, 2.45) is 0 Å². The standard InChI is InChI=1S/C18H25F3N2O3/c1-2-26-16-5-3-15(4-6-16)13-22-8-10-23(11-9-22)17(24)7-12-25-14-18(19,20)21/h3-6H,2,7-14H2,1H3. The van der Waals surface area contributed by atoms with E-state index in [2.05, 4.69) is 9.64 Å². The molecule has 0 spiro atoms. The molecule has 5 nitrogen and oxygen atoms in total. The average molecular weight is 374 g/mol. The van der Waals surface area contributed by atoms with Crippen molar-refractivity contribution < 1.29 is 27.4 Å². The molecule has 0 bridgehead atoms. The van der Waals surface area contributed by atoms with Gasteiger partial charge < -0.3 is 14.4 Å². The third-order valence-corrected chi connectivity index (χ3v) is 4.09. The van der Waals surface area contributed by atoms with Crippen LogP contribution in [0.5, 0.6) is 5.75 Å². The molecule has 0 radical (unpaired) electrons. The van der Waals surface area contributed by atoms with Crippen LogP contribution >= 0.6 is 0 Å². The van der Waals surface area contributed by atoms with E-state index in [1.807, 2.05) is 31.2 Å². The van der Waals surface area contributed by atoms with E-state index in [9.17, 15) is 18.0 Å². The summed E-state index contributed by atoms with van der Waals surface area (Å²) in [5.74, 6) is 0.687. The van der Waals surface area contributed by atoms with Crippen molar-refractivity contribution in [1.82, 2.24) is 9.80 Å². The maximum absolute atomic E-state index is 12.0. The minimum Gasteiger partial charge on any atom is -0.494 e. The quantitative estimate of drug-likeness (QED) is 0.656. The first-order valence-electron chi connectivity index (χ1n) is 8.74. The van der Waals surface area contributed by atoms with E-state index in [1.165, 1.54) is 5.56 Å². The molecule has 0 aliphatic carbocycles. The van der Waals surface area contributed by atoms with E-state index >= 15 is 0 Å². The summed E-state index contributed by atoms with van der Waals surface area (Å²) in [5.41, 5.74) is 1.17. The molecule has 0 saturated carbocycles. The first-order chi connectivity index (χ1) is 12.4. The zero-order valence-corrected chi connectivity index (χ0v) is 14.9. The number of carbonyl (C=O) groups is 1. The third-order valence-electron chi connectivity index (χ3n) is 4.09. The highest BCUT2D eigenvalue weighted by Crippen LogP contribution is 2.16. The lowest BCUT2D eigenvalue weighted by Crippen LogP contribution is -2.48. The van der Waals surface area contributed by atoms with Gasteiger partial charge in [0.25, 0.3) is 0 Å². The van der Waals surface area contributed by atoms with Gasteiger partial charge in [-0.1, -0.05) is 12.1 Å². The number of halogens is 3. The van der Waals surface area contributed by atoms with E-state index in [4.69, 9.17) is 4.74 Å². The fourth-order valence-corrected chi connectivity index (χ4v) is 2.78. The lowest BCUT2D eigenvalue weighted by molar-refractivity contribution is -0.175. The summed E-state index contributed by atoms with van der Waals surface area (Å²) >= 11 is 0. The highest BCUT2D eigenvalue weighted by atomic mass is 19.4. The molecule has 146 valence electrons. The van der Waals surface area contributed by atoms with Crippen molar-refractivity contribution in [1.29, 1.82) is 0 Å². The lowest BCUT2D eigenvalue weighted by atomic mass is 10.2. The molecule has 1 aliphatic rings. The van der Waals surface area contributed by atoms with E-state index in [0.717, 1.165) is 25.4 Å². The maximum atomic E-state index is 12.0. The van der Waals surface area contributed by atoms with E-state index in [-0.39, 0.29) is 18.9 Å². The van der Waals surface area contributed by atoms with Crippen LogP contribution in [0.4, 0.5) is 13.2 Å². The molecule has 1 fully saturated rings. The zero-order chi connectivity index (χ0) is 19.0. The van der Waals surface area contributed by atoms with Crippen molar-refractivity contribution in [3.8, 4) is 5.75 Å². The van der Waals surface area contributed by atoms with Crippen LogP contribution in [0, 0.1) is 0 Å². The minimum absolute atomic E-state index is 0.0189. The zero-order valence-electron chi connectivity index (χ0n) is 14.9. The van der Waals surface area contributed by atoms with Crippen LogP contribution < -0.4 is 4.74 Å². The Hall–Kier alpha value is -1.80. The Morgan fingerprint density at radius 1 is 1.12 bits per heavy atom. The molecule has 1 heterocycles. The Bertz CT molecular complexity index is 556. The van der Waals surface area contributed by atoms with Gasteiger partial charge >= 0.3 is 6.18 Å². The van der Waals surface area contributed by atoms with Crippen molar-refractivity contribution in [3.63, 3.8) is 0 Å².